The molecule has 1 atom stereocenters. The number of hydrogen-bond acceptors (Lipinski definition) is 4. The summed E-state index contributed by atoms with van der Waals surface area (Å²) >= 11 is 0. The minimum atomic E-state index is -0.889. The predicted octanol–water partition coefficient (Wildman–Crippen LogP) is 0.261. The highest BCUT2D eigenvalue weighted by atomic mass is 16.5. The maximum absolute atomic E-state index is 11.8. The highest BCUT2D eigenvalue weighted by Gasteiger charge is 2.40. The quantitative estimate of drug-likeness (QED) is 0.677. The standard InChI is InChI=1S/C14H25N3O4/c1-17-6-2-3-11(17)9-15-13(20)16-10-14(12(18)19)4-7-21-8-5-14/h11H,2-10H2,1H3,(H,18,19)(H2,15,16,20). The summed E-state index contributed by atoms with van der Waals surface area (Å²) in [5.41, 5.74) is -0.889. The molecular weight excluding hydrogens is 274 g/mol. The van der Waals surface area contributed by atoms with Gasteiger partial charge in [0, 0.05) is 32.3 Å². The second kappa shape index (κ2) is 7.09. The Labute approximate surface area is 125 Å². The molecule has 2 aliphatic rings. The number of nitrogens with one attached hydrogen (secondary N) is 2. The number of hydrogen-bond donors (Lipinski definition) is 3. The molecule has 2 heterocycles. The zero-order valence-corrected chi connectivity index (χ0v) is 12.6. The molecule has 2 saturated heterocycles. The minimum Gasteiger partial charge on any atom is -0.481 e. The monoisotopic (exact) mass is 299 g/mol. The molecule has 7 heteroatoms. The van der Waals surface area contributed by atoms with Crippen molar-refractivity contribution in [3.8, 4) is 0 Å². The number of urea groups is 1. The number of nitrogens with zero attached hydrogens (tertiary/aromatic N) is 1. The molecule has 21 heavy (non-hydrogen) atoms. The van der Waals surface area contributed by atoms with Crippen molar-refractivity contribution in [3.63, 3.8) is 0 Å². The zero-order chi connectivity index (χ0) is 15.3. The zero-order valence-electron chi connectivity index (χ0n) is 12.6. The van der Waals surface area contributed by atoms with E-state index in [1.54, 1.807) is 0 Å². The number of carboxylic acids is 1. The van der Waals surface area contributed by atoms with Gasteiger partial charge in [-0.25, -0.2) is 4.79 Å². The van der Waals surface area contributed by atoms with Crippen LogP contribution in [0.4, 0.5) is 4.79 Å². The van der Waals surface area contributed by atoms with Crippen LogP contribution in [0.1, 0.15) is 25.7 Å². The number of ether oxygens (including phenoxy) is 1. The molecule has 0 aromatic heterocycles. The minimum absolute atomic E-state index is 0.151. The van der Waals surface area contributed by atoms with E-state index in [1.165, 1.54) is 0 Å². The fourth-order valence-electron chi connectivity index (χ4n) is 2.99. The third-order valence-electron chi connectivity index (χ3n) is 4.66. The number of carboxylic acid groups (broad SMARTS) is 1. The van der Waals surface area contributed by atoms with Crippen molar-refractivity contribution in [2.75, 3.05) is 39.9 Å². The van der Waals surface area contributed by atoms with Crippen LogP contribution < -0.4 is 10.6 Å². The van der Waals surface area contributed by atoms with Gasteiger partial charge in [-0.2, -0.15) is 0 Å². The maximum Gasteiger partial charge on any atom is 0.314 e. The van der Waals surface area contributed by atoms with Gasteiger partial charge in [-0.3, -0.25) is 4.79 Å². The third kappa shape index (κ3) is 4.07. The molecule has 7 nitrogen and oxygen atoms in total. The SMILES string of the molecule is CN1CCCC1CNC(=O)NCC1(C(=O)O)CCOCC1. The summed E-state index contributed by atoms with van der Waals surface area (Å²) < 4.78 is 5.21. The average molecular weight is 299 g/mol. The number of amides is 2. The second-order valence-electron chi connectivity index (χ2n) is 6.04. The topological polar surface area (TPSA) is 90.9 Å². The number of carbonyl (C=O) groups excluding carboxylic acids is 1. The van der Waals surface area contributed by atoms with E-state index in [2.05, 4.69) is 22.6 Å². The van der Waals surface area contributed by atoms with Gasteiger partial charge in [-0.15, -0.1) is 0 Å². The van der Waals surface area contributed by atoms with Gasteiger partial charge in [-0.1, -0.05) is 0 Å². The maximum atomic E-state index is 11.8. The van der Waals surface area contributed by atoms with Crippen molar-refractivity contribution in [2.45, 2.75) is 31.7 Å². The van der Waals surface area contributed by atoms with Gasteiger partial charge >= 0.3 is 12.0 Å². The van der Waals surface area contributed by atoms with E-state index in [1.807, 2.05) is 0 Å². The van der Waals surface area contributed by atoms with E-state index in [4.69, 9.17) is 4.74 Å². The van der Waals surface area contributed by atoms with E-state index < -0.39 is 11.4 Å². The van der Waals surface area contributed by atoms with Crippen LogP contribution in [0.3, 0.4) is 0 Å². The van der Waals surface area contributed by atoms with Crippen molar-refractivity contribution in [3.05, 3.63) is 0 Å². The summed E-state index contributed by atoms with van der Waals surface area (Å²) in [6.45, 7) is 2.69. The largest absolute Gasteiger partial charge is 0.481 e. The molecule has 0 spiro atoms. The van der Waals surface area contributed by atoms with Gasteiger partial charge in [0.1, 0.15) is 0 Å². The van der Waals surface area contributed by atoms with Gasteiger partial charge in [0.25, 0.3) is 0 Å². The van der Waals surface area contributed by atoms with Crippen LogP contribution in [-0.4, -0.2) is 67.9 Å². The van der Waals surface area contributed by atoms with Gasteiger partial charge in [0.15, 0.2) is 0 Å². The molecule has 0 saturated carbocycles. The summed E-state index contributed by atoms with van der Waals surface area (Å²) in [5.74, 6) is -0.860. The smallest absolute Gasteiger partial charge is 0.314 e. The van der Waals surface area contributed by atoms with E-state index in [0.29, 0.717) is 38.6 Å². The van der Waals surface area contributed by atoms with Gasteiger partial charge < -0.3 is 25.4 Å². The van der Waals surface area contributed by atoms with Gasteiger partial charge in [-0.05, 0) is 39.3 Å². The Balaban J connectivity index is 1.75. The lowest BCUT2D eigenvalue weighted by Crippen LogP contribution is -2.50. The average Bonchev–Trinajstić information content (AvgIpc) is 2.89. The molecule has 2 fully saturated rings. The first-order valence-corrected chi connectivity index (χ1v) is 7.57. The first-order valence-electron chi connectivity index (χ1n) is 7.57. The van der Waals surface area contributed by atoms with E-state index in [9.17, 15) is 14.7 Å². The number of rotatable bonds is 5. The molecule has 2 rings (SSSR count). The Bertz CT molecular complexity index is 382. The number of likely N-dealkylation sites (tertiary alicyclic amines) is 1. The fraction of sp³-hybridized carbons (Fsp3) is 0.857. The van der Waals surface area contributed by atoms with Gasteiger partial charge in [0.05, 0.1) is 5.41 Å². The Morgan fingerprint density at radius 2 is 2.05 bits per heavy atom. The third-order valence-corrected chi connectivity index (χ3v) is 4.66. The Morgan fingerprint density at radius 1 is 1.33 bits per heavy atom. The number of likely N-dealkylation sites (N-methyl/N-ethyl adjacent to an activating group) is 1. The molecule has 0 bridgehead atoms. The van der Waals surface area contributed by atoms with E-state index >= 15 is 0 Å². The van der Waals surface area contributed by atoms with Crippen molar-refractivity contribution < 1.29 is 19.4 Å². The number of carbonyl (C=O) groups is 2. The number of aliphatic carboxylic acids is 1. The van der Waals surface area contributed by atoms with Crippen LogP contribution in [0.2, 0.25) is 0 Å². The first kappa shape index (κ1) is 16.0. The van der Waals surface area contributed by atoms with Gasteiger partial charge in [0.2, 0.25) is 0 Å². The van der Waals surface area contributed by atoms with Crippen molar-refractivity contribution in [1.29, 1.82) is 0 Å². The highest BCUT2D eigenvalue weighted by Crippen LogP contribution is 2.30. The van der Waals surface area contributed by atoms with E-state index in [0.717, 1.165) is 19.4 Å². The summed E-state index contributed by atoms with van der Waals surface area (Å²) in [6, 6.07) is 0.0923. The lowest BCUT2D eigenvalue weighted by atomic mass is 9.80. The Morgan fingerprint density at radius 3 is 2.62 bits per heavy atom. The predicted molar refractivity (Wildman–Crippen MR) is 77.2 cm³/mol. The molecule has 120 valence electrons. The molecule has 1 unspecified atom stereocenters. The van der Waals surface area contributed by atoms with Crippen LogP contribution in [0.5, 0.6) is 0 Å². The molecule has 2 aliphatic heterocycles. The molecule has 0 radical (unpaired) electrons. The van der Waals surface area contributed by atoms with Crippen LogP contribution in [-0.2, 0) is 9.53 Å². The molecular formula is C14H25N3O4. The van der Waals surface area contributed by atoms with Crippen molar-refractivity contribution >= 4 is 12.0 Å². The first-order chi connectivity index (χ1) is 10.0. The van der Waals surface area contributed by atoms with Crippen molar-refractivity contribution in [2.24, 2.45) is 5.41 Å². The van der Waals surface area contributed by atoms with Crippen molar-refractivity contribution in [1.82, 2.24) is 15.5 Å². The van der Waals surface area contributed by atoms with Crippen LogP contribution in [0.25, 0.3) is 0 Å². The molecule has 3 N–H and O–H groups in total. The fourth-order valence-corrected chi connectivity index (χ4v) is 2.99. The lowest BCUT2D eigenvalue weighted by molar-refractivity contribution is -0.154. The molecule has 0 aromatic rings. The van der Waals surface area contributed by atoms with Crippen LogP contribution in [0, 0.1) is 5.41 Å². The summed E-state index contributed by atoms with van der Waals surface area (Å²) in [6.07, 6.45) is 3.13. The molecule has 0 aliphatic carbocycles. The Hall–Kier alpha value is -1.34. The summed E-state index contributed by atoms with van der Waals surface area (Å²) in [7, 11) is 2.05. The van der Waals surface area contributed by atoms with Crippen LogP contribution in [0.15, 0.2) is 0 Å². The summed E-state index contributed by atoms with van der Waals surface area (Å²) in [4.78, 5) is 25.5. The normalized spacial score (nSPS) is 25.5. The highest BCUT2D eigenvalue weighted by molar-refractivity contribution is 5.78. The summed E-state index contributed by atoms with van der Waals surface area (Å²) in [5, 5.41) is 14.9. The molecule has 0 aromatic carbocycles. The second-order valence-corrected chi connectivity index (χ2v) is 6.04. The molecule has 2 amide bonds. The van der Waals surface area contributed by atoms with Crippen LogP contribution >= 0.6 is 0 Å². The lowest BCUT2D eigenvalue weighted by Gasteiger charge is -2.33. The Kier molecular flexibility index (Phi) is 5.41. The van der Waals surface area contributed by atoms with E-state index in [-0.39, 0.29) is 12.6 Å².